The van der Waals surface area contributed by atoms with Crippen LogP contribution in [-0.4, -0.2) is 51.2 Å². The van der Waals surface area contributed by atoms with Crippen LogP contribution in [0, 0.1) is 0 Å². The first-order chi connectivity index (χ1) is 18.5. The van der Waals surface area contributed by atoms with E-state index < -0.39 is 11.6 Å². The van der Waals surface area contributed by atoms with Crippen LogP contribution in [-0.2, 0) is 10.3 Å². The van der Waals surface area contributed by atoms with E-state index in [1.807, 2.05) is 58.4 Å². The van der Waals surface area contributed by atoms with Crippen LogP contribution in [0.5, 0.6) is 11.5 Å². The second-order valence-corrected chi connectivity index (χ2v) is 8.91. The number of hydrogen-bond donors (Lipinski definition) is 0. The average molecular weight is 514 g/mol. The zero-order valence-corrected chi connectivity index (χ0v) is 23.3. The highest BCUT2D eigenvalue weighted by atomic mass is 16.6. The van der Waals surface area contributed by atoms with Gasteiger partial charge in [-0.25, -0.2) is 4.79 Å². The Hall–Kier alpha value is -3.68. The summed E-state index contributed by atoms with van der Waals surface area (Å²) in [4.78, 5) is 22.4. The van der Waals surface area contributed by atoms with Gasteiger partial charge in [-0.2, -0.15) is 0 Å². The molecule has 1 aliphatic rings. The molecule has 8 heteroatoms. The first kappa shape index (κ1) is 27.4. The molecular formula is C30H37BN3O4. The fourth-order valence-corrected chi connectivity index (χ4v) is 5.24. The molecule has 0 N–H and O–H groups in total. The van der Waals surface area contributed by atoms with Gasteiger partial charge in [-0.3, -0.25) is 4.98 Å². The van der Waals surface area contributed by atoms with Crippen molar-refractivity contribution >= 4 is 24.8 Å². The molecule has 199 valence electrons. The largest absolute Gasteiger partial charge is 0.493 e. The van der Waals surface area contributed by atoms with E-state index in [0.717, 1.165) is 31.0 Å². The zero-order valence-electron chi connectivity index (χ0n) is 23.3. The van der Waals surface area contributed by atoms with Gasteiger partial charge >= 0.3 is 5.97 Å². The Morgan fingerprint density at radius 3 is 2.03 bits per heavy atom. The number of rotatable bonds is 12. The molecule has 0 saturated carbocycles. The molecule has 1 aromatic heterocycles. The molecule has 0 amide bonds. The average Bonchev–Trinajstić information content (AvgIpc) is 3.24. The molecule has 3 aromatic rings. The molecule has 7 nitrogen and oxygen atoms in total. The summed E-state index contributed by atoms with van der Waals surface area (Å²) < 4.78 is 18.8. The molecule has 0 aliphatic carbocycles. The Kier molecular flexibility index (Phi) is 8.50. The Morgan fingerprint density at radius 2 is 1.47 bits per heavy atom. The van der Waals surface area contributed by atoms with E-state index in [9.17, 15) is 4.79 Å². The standard InChI is InChI=1S/C30H37BN3O4/c1-7-33(8-2)21-14-16-24(26(19-21)36-10-4)30(28-23(29(35)38-30)13-12-18-32-28)25-17-15-22(34(9-3)31-6)20-27(25)37-11-5/h12-20H,7-11H2,1-6H3. The fraction of sp³-hybridized carbons (Fsp3) is 0.400. The van der Waals surface area contributed by atoms with Gasteiger partial charge in [0.25, 0.3) is 0 Å². The van der Waals surface area contributed by atoms with Crippen LogP contribution >= 0.6 is 0 Å². The minimum atomic E-state index is -1.34. The zero-order chi connectivity index (χ0) is 27.3. The number of nitrogens with zero attached hydrogens (tertiary/aromatic N) is 3. The second-order valence-electron chi connectivity index (χ2n) is 8.91. The first-order valence-electron chi connectivity index (χ1n) is 13.5. The third-order valence-electron chi connectivity index (χ3n) is 7.01. The van der Waals surface area contributed by atoms with Crippen LogP contribution in [0.15, 0.2) is 54.7 Å². The summed E-state index contributed by atoms with van der Waals surface area (Å²) in [7, 11) is 2.03. The number of benzene rings is 2. The van der Waals surface area contributed by atoms with E-state index in [-0.39, 0.29) is 0 Å². The van der Waals surface area contributed by atoms with E-state index in [1.165, 1.54) is 0 Å². The lowest BCUT2D eigenvalue weighted by molar-refractivity contribution is 0.0228. The van der Waals surface area contributed by atoms with Crippen molar-refractivity contribution in [2.45, 2.75) is 47.0 Å². The maximum absolute atomic E-state index is 13.3. The van der Waals surface area contributed by atoms with E-state index >= 15 is 0 Å². The van der Waals surface area contributed by atoms with Crippen molar-refractivity contribution in [3.05, 3.63) is 77.1 Å². The normalized spacial score (nSPS) is 16.0. The van der Waals surface area contributed by atoms with Crippen molar-refractivity contribution in [1.29, 1.82) is 0 Å². The van der Waals surface area contributed by atoms with Gasteiger partial charge in [0.05, 0.1) is 18.8 Å². The Labute approximate surface area is 227 Å². The second kappa shape index (κ2) is 11.8. The van der Waals surface area contributed by atoms with E-state index in [0.29, 0.717) is 47.1 Å². The van der Waals surface area contributed by atoms with Crippen molar-refractivity contribution in [3.8, 4) is 11.5 Å². The molecule has 38 heavy (non-hydrogen) atoms. The van der Waals surface area contributed by atoms with Crippen molar-refractivity contribution in [2.75, 3.05) is 42.6 Å². The highest BCUT2D eigenvalue weighted by Crippen LogP contribution is 2.52. The van der Waals surface area contributed by atoms with E-state index in [1.54, 1.807) is 18.3 Å². The maximum atomic E-state index is 13.3. The quantitative estimate of drug-likeness (QED) is 0.228. The molecular weight excluding hydrogens is 477 g/mol. The summed E-state index contributed by atoms with van der Waals surface area (Å²) in [6, 6.07) is 15.6. The monoisotopic (exact) mass is 514 g/mol. The highest BCUT2D eigenvalue weighted by molar-refractivity contribution is 6.39. The number of anilines is 2. The number of hydrogen-bond acceptors (Lipinski definition) is 7. The van der Waals surface area contributed by atoms with Crippen molar-refractivity contribution in [2.24, 2.45) is 0 Å². The van der Waals surface area contributed by atoms with Gasteiger partial charge in [-0.1, -0.05) is 6.82 Å². The third-order valence-corrected chi connectivity index (χ3v) is 7.01. The van der Waals surface area contributed by atoms with Gasteiger partial charge in [0.2, 0.25) is 13.0 Å². The number of aromatic nitrogens is 1. The predicted molar refractivity (Wildman–Crippen MR) is 153 cm³/mol. The molecule has 1 unspecified atom stereocenters. The molecule has 1 radical (unpaired) electrons. The summed E-state index contributed by atoms with van der Waals surface area (Å²) in [5, 5.41) is 0. The summed E-state index contributed by atoms with van der Waals surface area (Å²) >= 11 is 0. The highest BCUT2D eigenvalue weighted by Gasteiger charge is 2.53. The van der Waals surface area contributed by atoms with Crippen LogP contribution in [0.4, 0.5) is 11.4 Å². The van der Waals surface area contributed by atoms with Crippen LogP contribution in [0.3, 0.4) is 0 Å². The Morgan fingerprint density at radius 1 is 0.868 bits per heavy atom. The van der Waals surface area contributed by atoms with Gasteiger partial charge in [-0.05, 0) is 71.0 Å². The lowest BCUT2D eigenvalue weighted by Gasteiger charge is -2.33. The van der Waals surface area contributed by atoms with Gasteiger partial charge in [0.15, 0.2) is 0 Å². The number of esters is 1. The van der Waals surface area contributed by atoms with E-state index in [4.69, 9.17) is 19.2 Å². The van der Waals surface area contributed by atoms with Gasteiger partial charge < -0.3 is 23.9 Å². The fourth-order valence-electron chi connectivity index (χ4n) is 5.24. The van der Waals surface area contributed by atoms with Crippen molar-refractivity contribution < 1.29 is 19.0 Å². The van der Waals surface area contributed by atoms with Crippen LogP contribution in [0.2, 0.25) is 6.82 Å². The Bertz CT molecular complexity index is 1210. The first-order valence-corrected chi connectivity index (χ1v) is 13.5. The molecule has 0 saturated heterocycles. The summed E-state index contributed by atoms with van der Waals surface area (Å²) in [6.45, 7) is 15.7. The predicted octanol–water partition coefficient (Wildman–Crippen LogP) is 5.68. The minimum absolute atomic E-state index is 0.424. The van der Waals surface area contributed by atoms with Gasteiger partial charge in [-0.15, -0.1) is 0 Å². The summed E-state index contributed by atoms with van der Waals surface area (Å²) in [5.41, 5.74) is 3.08. The molecule has 0 bridgehead atoms. The summed E-state index contributed by atoms with van der Waals surface area (Å²) in [6.07, 6.45) is 1.69. The maximum Gasteiger partial charge on any atom is 0.341 e. The molecule has 0 spiro atoms. The number of carbonyl (C=O) groups is 1. The Balaban J connectivity index is 2.04. The van der Waals surface area contributed by atoms with Crippen LogP contribution in [0.1, 0.15) is 61.8 Å². The molecule has 1 atom stereocenters. The number of carbonyl (C=O) groups excluding carboxylic acids is 1. The third kappa shape index (κ3) is 4.68. The molecule has 0 fully saturated rings. The molecule has 2 heterocycles. The van der Waals surface area contributed by atoms with Crippen LogP contribution in [0.25, 0.3) is 0 Å². The number of cyclic esters (lactones) is 1. The van der Waals surface area contributed by atoms with Crippen LogP contribution < -0.4 is 19.2 Å². The topological polar surface area (TPSA) is 64.1 Å². The number of fused-ring (bicyclic) bond motifs is 1. The van der Waals surface area contributed by atoms with E-state index in [2.05, 4.69) is 36.5 Å². The smallest absolute Gasteiger partial charge is 0.341 e. The lowest BCUT2D eigenvalue weighted by atomic mass is 9.81. The number of pyridine rings is 1. The lowest BCUT2D eigenvalue weighted by Crippen LogP contribution is -2.32. The SMILES string of the molecule is C[B]N(CC)c1ccc(C2(c3ccc(N(CC)CC)cc3OCC)OC(=O)c3cccnc32)c(OCC)c1. The molecule has 4 rings (SSSR count). The molecule has 2 aromatic carbocycles. The number of ether oxygens (including phenoxy) is 3. The summed E-state index contributed by atoms with van der Waals surface area (Å²) in [5.74, 6) is 0.852. The van der Waals surface area contributed by atoms with Gasteiger partial charge in [0.1, 0.15) is 17.2 Å². The minimum Gasteiger partial charge on any atom is -0.493 e. The van der Waals surface area contributed by atoms with Crippen molar-refractivity contribution in [3.63, 3.8) is 0 Å². The van der Waals surface area contributed by atoms with Crippen molar-refractivity contribution in [1.82, 2.24) is 4.98 Å². The van der Waals surface area contributed by atoms with Gasteiger partial charge in [0, 0.05) is 60.5 Å². The molecule has 1 aliphatic heterocycles.